The third-order valence-electron chi connectivity index (χ3n) is 6.26. The highest BCUT2D eigenvalue weighted by molar-refractivity contribution is 4.98. The summed E-state index contributed by atoms with van der Waals surface area (Å²) >= 11 is 0. The SMILES string of the molecule is C(CC1C2CC3CC(C2)CC1C3)NC1CCOC1. The molecule has 5 rings (SSSR count). The molecule has 0 aromatic carbocycles. The first-order chi connectivity index (χ1) is 8.88. The summed E-state index contributed by atoms with van der Waals surface area (Å²) < 4.78 is 5.43. The molecule has 1 aliphatic heterocycles. The summed E-state index contributed by atoms with van der Waals surface area (Å²) in [7, 11) is 0. The standard InChI is InChI=1S/C16H27NO/c1(3-17-15-2-4-18-10-15)16-13-6-11-5-12(8-13)9-14(16)7-11/h11-17H,1-10H2. The van der Waals surface area contributed by atoms with E-state index in [4.69, 9.17) is 4.74 Å². The zero-order chi connectivity index (χ0) is 11.9. The number of ether oxygens (including phenoxy) is 1. The fourth-order valence-corrected chi connectivity index (χ4v) is 5.66. The van der Waals surface area contributed by atoms with E-state index in [0.717, 1.165) is 42.8 Å². The lowest BCUT2D eigenvalue weighted by Crippen LogP contribution is -2.46. The van der Waals surface area contributed by atoms with Crippen molar-refractivity contribution in [3.63, 3.8) is 0 Å². The second kappa shape index (κ2) is 4.79. The van der Waals surface area contributed by atoms with Gasteiger partial charge in [0.25, 0.3) is 0 Å². The van der Waals surface area contributed by atoms with Gasteiger partial charge in [-0.25, -0.2) is 0 Å². The highest BCUT2D eigenvalue weighted by Gasteiger charge is 2.47. The average molecular weight is 249 g/mol. The van der Waals surface area contributed by atoms with Crippen molar-refractivity contribution >= 4 is 0 Å². The summed E-state index contributed by atoms with van der Waals surface area (Å²) in [6.45, 7) is 3.15. The van der Waals surface area contributed by atoms with Gasteiger partial charge in [0.2, 0.25) is 0 Å². The predicted molar refractivity (Wildman–Crippen MR) is 72.4 cm³/mol. The van der Waals surface area contributed by atoms with Crippen LogP contribution in [0.3, 0.4) is 0 Å². The van der Waals surface area contributed by atoms with Crippen LogP contribution in [0, 0.1) is 29.6 Å². The van der Waals surface area contributed by atoms with E-state index in [1.165, 1.54) is 19.4 Å². The molecule has 102 valence electrons. The summed E-state index contributed by atoms with van der Waals surface area (Å²) in [6, 6.07) is 0.654. The van der Waals surface area contributed by atoms with E-state index in [0.29, 0.717) is 6.04 Å². The summed E-state index contributed by atoms with van der Waals surface area (Å²) in [5.74, 6) is 5.51. The quantitative estimate of drug-likeness (QED) is 0.827. The largest absolute Gasteiger partial charge is 0.380 e. The first kappa shape index (κ1) is 11.7. The summed E-state index contributed by atoms with van der Waals surface area (Å²) in [6.07, 6.45) is 10.5. The highest BCUT2D eigenvalue weighted by atomic mass is 16.5. The van der Waals surface area contributed by atoms with Crippen molar-refractivity contribution in [2.24, 2.45) is 29.6 Å². The van der Waals surface area contributed by atoms with Crippen molar-refractivity contribution in [2.45, 2.75) is 51.0 Å². The molecule has 5 fully saturated rings. The Balaban J connectivity index is 1.29. The highest BCUT2D eigenvalue weighted by Crippen LogP contribution is 2.57. The third-order valence-corrected chi connectivity index (χ3v) is 6.26. The van der Waals surface area contributed by atoms with Gasteiger partial charge in [-0.3, -0.25) is 0 Å². The van der Waals surface area contributed by atoms with Crippen LogP contribution in [0.25, 0.3) is 0 Å². The maximum absolute atomic E-state index is 5.43. The van der Waals surface area contributed by atoms with Crippen molar-refractivity contribution in [1.82, 2.24) is 5.32 Å². The normalized spacial score (nSPS) is 50.0. The average Bonchev–Trinajstić information content (AvgIpc) is 2.85. The molecule has 4 aliphatic carbocycles. The molecular formula is C16H27NO. The van der Waals surface area contributed by atoms with Crippen LogP contribution in [0.15, 0.2) is 0 Å². The maximum Gasteiger partial charge on any atom is 0.0620 e. The van der Waals surface area contributed by atoms with Gasteiger partial charge in [0.05, 0.1) is 6.61 Å². The Hall–Kier alpha value is -0.0800. The number of nitrogens with one attached hydrogen (secondary N) is 1. The van der Waals surface area contributed by atoms with Gasteiger partial charge in [-0.05, 0) is 81.1 Å². The van der Waals surface area contributed by atoms with Crippen LogP contribution in [0.2, 0.25) is 0 Å². The lowest BCUT2D eigenvalue weighted by Gasteiger charge is -2.54. The molecule has 1 atom stereocenters. The minimum atomic E-state index is 0.654. The molecule has 0 radical (unpaired) electrons. The predicted octanol–water partition coefficient (Wildman–Crippen LogP) is 2.83. The summed E-state index contributed by atoms with van der Waals surface area (Å²) in [4.78, 5) is 0. The third kappa shape index (κ3) is 2.12. The van der Waals surface area contributed by atoms with E-state index in [-0.39, 0.29) is 0 Å². The molecular weight excluding hydrogens is 222 g/mol. The zero-order valence-corrected chi connectivity index (χ0v) is 11.4. The van der Waals surface area contributed by atoms with Crippen LogP contribution >= 0.6 is 0 Å². The first-order valence-electron chi connectivity index (χ1n) is 8.19. The molecule has 1 saturated heterocycles. The second-order valence-corrected chi connectivity index (χ2v) is 7.40. The van der Waals surface area contributed by atoms with Crippen LogP contribution in [0.5, 0.6) is 0 Å². The number of hydrogen-bond acceptors (Lipinski definition) is 2. The zero-order valence-electron chi connectivity index (χ0n) is 11.4. The van der Waals surface area contributed by atoms with Gasteiger partial charge in [-0.1, -0.05) is 0 Å². The van der Waals surface area contributed by atoms with Crippen LogP contribution < -0.4 is 5.32 Å². The van der Waals surface area contributed by atoms with Gasteiger partial charge in [-0.2, -0.15) is 0 Å². The molecule has 2 heteroatoms. The van der Waals surface area contributed by atoms with Gasteiger partial charge in [0.1, 0.15) is 0 Å². The molecule has 4 saturated carbocycles. The van der Waals surface area contributed by atoms with Crippen molar-refractivity contribution in [1.29, 1.82) is 0 Å². The summed E-state index contributed by atoms with van der Waals surface area (Å²) in [5, 5.41) is 3.72. The van der Waals surface area contributed by atoms with Gasteiger partial charge in [-0.15, -0.1) is 0 Å². The van der Waals surface area contributed by atoms with Crippen LogP contribution in [0.1, 0.15) is 44.9 Å². The lowest BCUT2D eigenvalue weighted by atomic mass is 9.51. The lowest BCUT2D eigenvalue weighted by molar-refractivity contribution is -0.0395. The van der Waals surface area contributed by atoms with Crippen LogP contribution in [-0.4, -0.2) is 25.8 Å². The molecule has 1 N–H and O–H groups in total. The van der Waals surface area contributed by atoms with E-state index in [2.05, 4.69) is 5.32 Å². The Morgan fingerprint density at radius 2 is 1.67 bits per heavy atom. The van der Waals surface area contributed by atoms with E-state index in [1.54, 1.807) is 32.1 Å². The van der Waals surface area contributed by atoms with E-state index < -0.39 is 0 Å². The minimum Gasteiger partial charge on any atom is -0.380 e. The van der Waals surface area contributed by atoms with Crippen LogP contribution in [0.4, 0.5) is 0 Å². The van der Waals surface area contributed by atoms with Gasteiger partial charge < -0.3 is 10.1 Å². The molecule has 1 unspecified atom stereocenters. The Bertz CT molecular complexity index is 269. The fourth-order valence-electron chi connectivity index (χ4n) is 5.66. The smallest absolute Gasteiger partial charge is 0.0620 e. The molecule has 0 amide bonds. The van der Waals surface area contributed by atoms with Gasteiger partial charge in [0, 0.05) is 12.6 Å². The molecule has 4 bridgehead atoms. The molecule has 1 heterocycles. The van der Waals surface area contributed by atoms with Crippen molar-refractivity contribution in [3.8, 4) is 0 Å². The van der Waals surface area contributed by atoms with E-state index in [9.17, 15) is 0 Å². The van der Waals surface area contributed by atoms with Crippen molar-refractivity contribution in [3.05, 3.63) is 0 Å². The van der Waals surface area contributed by atoms with Crippen LogP contribution in [-0.2, 0) is 4.74 Å². The molecule has 0 spiro atoms. The van der Waals surface area contributed by atoms with E-state index in [1.807, 2.05) is 0 Å². The Kier molecular flexibility index (Phi) is 3.12. The van der Waals surface area contributed by atoms with Gasteiger partial charge in [0.15, 0.2) is 0 Å². The molecule has 5 aliphatic rings. The molecule has 18 heavy (non-hydrogen) atoms. The topological polar surface area (TPSA) is 21.3 Å². The molecule has 0 aromatic rings. The molecule has 0 aromatic heterocycles. The Morgan fingerprint density at radius 1 is 0.944 bits per heavy atom. The Morgan fingerprint density at radius 3 is 2.28 bits per heavy atom. The minimum absolute atomic E-state index is 0.654. The van der Waals surface area contributed by atoms with E-state index >= 15 is 0 Å². The number of hydrogen-bond donors (Lipinski definition) is 1. The number of rotatable bonds is 4. The summed E-state index contributed by atoms with van der Waals surface area (Å²) in [5.41, 5.74) is 0. The second-order valence-electron chi connectivity index (χ2n) is 7.40. The van der Waals surface area contributed by atoms with Crippen molar-refractivity contribution < 1.29 is 4.74 Å². The molecule has 2 nitrogen and oxygen atoms in total. The maximum atomic E-state index is 5.43. The van der Waals surface area contributed by atoms with Gasteiger partial charge >= 0.3 is 0 Å². The Labute approximate surface area is 111 Å². The fraction of sp³-hybridized carbons (Fsp3) is 1.00. The van der Waals surface area contributed by atoms with Crippen molar-refractivity contribution in [2.75, 3.05) is 19.8 Å². The first-order valence-corrected chi connectivity index (χ1v) is 8.19. The monoisotopic (exact) mass is 249 g/mol.